The molecule has 0 saturated heterocycles. The maximum atomic E-state index is 13.1. The number of hydrogen-bond acceptors (Lipinski definition) is 2. The Morgan fingerprint density at radius 3 is 2.74 bits per heavy atom. The monoisotopic (exact) mass is 265 g/mol. The minimum atomic E-state index is -0.877. The molecular formula is C14H16FNO3. The molecule has 0 radical (unpaired) electrons. The molecule has 0 spiro atoms. The Morgan fingerprint density at radius 2 is 2.11 bits per heavy atom. The molecule has 0 aliphatic heterocycles. The van der Waals surface area contributed by atoms with Gasteiger partial charge in [-0.3, -0.25) is 9.59 Å². The molecule has 1 amide bonds. The van der Waals surface area contributed by atoms with Gasteiger partial charge >= 0.3 is 5.97 Å². The van der Waals surface area contributed by atoms with Crippen LogP contribution in [0, 0.1) is 18.7 Å². The second-order valence-electron chi connectivity index (χ2n) is 4.92. The topological polar surface area (TPSA) is 66.4 Å². The van der Waals surface area contributed by atoms with E-state index in [1.165, 1.54) is 18.2 Å². The van der Waals surface area contributed by atoms with E-state index < -0.39 is 11.9 Å². The number of benzene rings is 1. The van der Waals surface area contributed by atoms with Gasteiger partial charge in [-0.15, -0.1) is 0 Å². The van der Waals surface area contributed by atoms with Gasteiger partial charge in [0.15, 0.2) is 0 Å². The molecule has 1 aromatic carbocycles. The fourth-order valence-electron chi connectivity index (χ4n) is 2.47. The normalized spacial score (nSPS) is 22.2. The summed E-state index contributed by atoms with van der Waals surface area (Å²) in [6.07, 6.45) is 2.05. The number of carboxylic acids is 1. The zero-order valence-corrected chi connectivity index (χ0v) is 10.6. The summed E-state index contributed by atoms with van der Waals surface area (Å²) < 4.78 is 13.1. The van der Waals surface area contributed by atoms with Gasteiger partial charge in [-0.25, -0.2) is 4.39 Å². The van der Waals surface area contributed by atoms with Crippen molar-refractivity contribution in [2.75, 3.05) is 0 Å². The zero-order chi connectivity index (χ0) is 14.0. The average Bonchev–Trinajstić information content (AvgIpc) is 2.80. The van der Waals surface area contributed by atoms with Gasteiger partial charge in [-0.2, -0.15) is 0 Å². The van der Waals surface area contributed by atoms with Crippen LogP contribution in [-0.4, -0.2) is 23.0 Å². The van der Waals surface area contributed by atoms with Crippen molar-refractivity contribution >= 4 is 11.9 Å². The molecule has 0 heterocycles. The maximum absolute atomic E-state index is 13.1. The van der Waals surface area contributed by atoms with Crippen LogP contribution < -0.4 is 5.32 Å². The van der Waals surface area contributed by atoms with Crippen molar-refractivity contribution in [1.29, 1.82) is 0 Å². The molecule has 1 saturated carbocycles. The number of nitrogens with one attached hydrogen (secondary N) is 1. The summed E-state index contributed by atoms with van der Waals surface area (Å²) in [6.45, 7) is 1.59. The average molecular weight is 265 g/mol. The lowest BCUT2D eigenvalue weighted by atomic mass is 10.0. The third-order valence-corrected chi connectivity index (χ3v) is 3.57. The van der Waals surface area contributed by atoms with Gasteiger partial charge in [0, 0.05) is 11.6 Å². The highest BCUT2D eigenvalue weighted by Crippen LogP contribution is 2.26. The molecule has 1 aliphatic carbocycles. The lowest BCUT2D eigenvalue weighted by Gasteiger charge is -2.17. The lowest BCUT2D eigenvalue weighted by Crippen LogP contribution is -2.40. The van der Waals surface area contributed by atoms with Crippen molar-refractivity contribution in [3.63, 3.8) is 0 Å². The van der Waals surface area contributed by atoms with Gasteiger partial charge in [0.05, 0.1) is 5.92 Å². The molecule has 4 nitrogen and oxygen atoms in total. The highest BCUT2D eigenvalue weighted by atomic mass is 19.1. The number of aliphatic carboxylic acids is 1. The van der Waals surface area contributed by atoms with Crippen molar-refractivity contribution in [1.82, 2.24) is 5.32 Å². The van der Waals surface area contributed by atoms with E-state index in [4.69, 9.17) is 5.11 Å². The summed E-state index contributed by atoms with van der Waals surface area (Å²) >= 11 is 0. The molecule has 2 N–H and O–H groups in total. The SMILES string of the molecule is Cc1cc(C(=O)NC2CCCC2C(=O)O)ccc1F. The first kappa shape index (κ1) is 13.5. The number of carbonyl (C=O) groups is 2. The molecule has 2 rings (SSSR count). The first-order valence-electron chi connectivity index (χ1n) is 6.29. The Balaban J connectivity index is 2.08. The van der Waals surface area contributed by atoms with E-state index in [1.54, 1.807) is 6.92 Å². The van der Waals surface area contributed by atoms with Crippen LogP contribution in [0.1, 0.15) is 35.2 Å². The molecular weight excluding hydrogens is 249 g/mol. The van der Waals surface area contributed by atoms with Crippen molar-refractivity contribution in [2.24, 2.45) is 5.92 Å². The Bertz CT molecular complexity index is 515. The second-order valence-corrected chi connectivity index (χ2v) is 4.92. The van der Waals surface area contributed by atoms with Crippen LogP contribution in [0.2, 0.25) is 0 Å². The van der Waals surface area contributed by atoms with Crippen molar-refractivity contribution < 1.29 is 19.1 Å². The summed E-state index contributed by atoms with van der Waals surface area (Å²) in [5, 5.41) is 11.8. The summed E-state index contributed by atoms with van der Waals surface area (Å²) in [6, 6.07) is 3.78. The molecule has 1 fully saturated rings. The number of halogens is 1. The van der Waals surface area contributed by atoms with Gasteiger partial charge < -0.3 is 10.4 Å². The van der Waals surface area contributed by atoms with Crippen molar-refractivity contribution in [2.45, 2.75) is 32.2 Å². The summed E-state index contributed by atoms with van der Waals surface area (Å²) in [5.41, 5.74) is 0.754. The number of amides is 1. The molecule has 2 atom stereocenters. The Kier molecular flexibility index (Phi) is 3.83. The number of rotatable bonds is 3. The van der Waals surface area contributed by atoms with E-state index in [0.717, 1.165) is 6.42 Å². The fraction of sp³-hybridized carbons (Fsp3) is 0.429. The molecule has 1 aromatic rings. The Morgan fingerprint density at radius 1 is 1.37 bits per heavy atom. The van der Waals surface area contributed by atoms with Crippen LogP contribution in [-0.2, 0) is 4.79 Å². The highest BCUT2D eigenvalue weighted by Gasteiger charge is 2.33. The van der Waals surface area contributed by atoms with E-state index in [1.807, 2.05) is 0 Å². The van der Waals surface area contributed by atoms with Crippen LogP contribution in [0.15, 0.2) is 18.2 Å². The van der Waals surface area contributed by atoms with Gasteiger partial charge in [0.1, 0.15) is 5.82 Å². The van der Waals surface area contributed by atoms with Gasteiger partial charge in [0.25, 0.3) is 5.91 Å². The fourth-order valence-corrected chi connectivity index (χ4v) is 2.47. The van der Waals surface area contributed by atoms with E-state index in [9.17, 15) is 14.0 Å². The Hall–Kier alpha value is -1.91. The second kappa shape index (κ2) is 5.38. The van der Waals surface area contributed by atoms with Crippen LogP contribution >= 0.6 is 0 Å². The van der Waals surface area contributed by atoms with E-state index in [0.29, 0.717) is 24.0 Å². The minimum absolute atomic E-state index is 0.338. The smallest absolute Gasteiger partial charge is 0.308 e. The van der Waals surface area contributed by atoms with Crippen LogP contribution in [0.25, 0.3) is 0 Å². The molecule has 19 heavy (non-hydrogen) atoms. The summed E-state index contributed by atoms with van der Waals surface area (Å²) in [5.74, 6) is -2.11. The number of hydrogen-bond donors (Lipinski definition) is 2. The van der Waals surface area contributed by atoms with Crippen molar-refractivity contribution in [3.8, 4) is 0 Å². The van der Waals surface area contributed by atoms with Gasteiger partial charge in [-0.1, -0.05) is 6.42 Å². The molecule has 5 heteroatoms. The molecule has 102 valence electrons. The maximum Gasteiger partial charge on any atom is 0.308 e. The van der Waals surface area contributed by atoms with Gasteiger partial charge in [0.2, 0.25) is 0 Å². The van der Waals surface area contributed by atoms with E-state index in [2.05, 4.69) is 5.32 Å². The predicted molar refractivity (Wildman–Crippen MR) is 67.4 cm³/mol. The Labute approximate surface area is 110 Å². The predicted octanol–water partition coefficient (Wildman–Crippen LogP) is 2.12. The first-order chi connectivity index (χ1) is 8.99. The van der Waals surface area contributed by atoms with Crippen LogP contribution in [0.3, 0.4) is 0 Å². The molecule has 0 aromatic heterocycles. The number of carboxylic acid groups (broad SMARTS) is 1. The summed E-state index contributed by atoms with van der Waals surface area (Å²) in [7, 11) is 0. The molecule has 2 unspecified atom stereocenters. The lowest BCUT2D eigenvalue weighted by molar-refractivity contribution is -0.142. The largest absolute Gasteiger partial charge is 0.481 e. The third kappa shape index (κ3) is 2.92. The molecule has 0 bridgehead atoms. The van der Waals surface area contributed by atoms with Crippen LogP contribution in [0.5, 0.6) is 0 Å². The number of carbonyl (C=O) groups excluding carboxylic acids is 1. The number of aryl methyl sites for hydroxylation is 1. The standard InChI is InChI=1S/C14H16FNO3/c1-8-7-9(5-6-11(8)15)13(17)16-12-4-2-3-10(12)14(18)19/h5-7,10,12H,2-4H2,1H3,(H,16,17)(H,18,19). The quantitative estimate of drug-likeness (QED) is 0.879. The minimum Gasteiger partial charge on any atom is -0.481 e. The summed E-state index contributed by atoms with van der Waals surface area (Å²) in [4.78, 5) is 23.0. The molecule has 1 aliphatic rings. The third-order valence-electron chi connectivity index (χ3n) is 3.57. The van der Waals surface area contributed by atoms with Crippen LogP contribution in [0.4, 0.5) is 4.39 Å². The van der Waals surface area contributed by atoms with Crippen molar-refractivity contribution in [3.05, 3.63) is 35.1 Å². The van der Waals surface area contributed by atoms with E-state index in [-0.39, 0.29) is 17.8 Å². The van der Waals surface area contributed by atoms with E-state index >= 15 is 0 Å². The zero-order valence-electron chi connectivity index (χ0n) is 10.6. The highest BCUT2D eigenvalue weighted by molar-refractivity contribution is 5.94. The first-order valence-corrected chi connectivity index (χ1v) is 6.29. The van der Waals surface area contributed by atoms with Gasteiger partial charge in [-0.05, 0) is 43.5 Å².